The van der Waals surface area contributed by atoms with Crippen molar-refractivity contribution >= 4 is 5.97 Å². The Morgan fingerprint density at radius 1 is 1.39 bits per heavy atom. The lowest BCUT2D eigenvalue weighted by Gasteiger charge is -2.37. The number of benzene rings is 1. The smallest absolute Gasteiger partial charge is 0.303 e. The molecule has 2 unspecified atom stereocenters. The van der Waals surface area contributed by atoms with Gasteiger partial charge in [0.25, 0.3) is 0 Å². The van der Waals surface area contributed by atoms with Gasteiger partial charge in [-0.2, -0.15) is 0 Å². The maximum absolute atomic E-state index is 11.1. The minimum absolute atomic E-state index is 0.0173. The zero-order valence-corrected chi connectivity index (χ0v) is 11.2. The summed E-state index contributed by atoms with van der Waals surface area (Å²) in [5, 5.41) is 0. The lowest BCUT2D eigenvalue weighted by Crippen LogP contribution is -2.38. The summed E-state index contributed by atoms with van der Waals surface area (Å²) < 4.78 is 11.2. The standard InChI is InChI=1S/C15H20O3/c1-11-4-6-13(7-5-11)14-10-15(3,8-9-17-14)18-12(2)16/h4-7,14H,8-10H2,1-3H3. The van der Waals surface area contributed by atoms with Gasteiger partial charge >= 0.3 is 5.97 Å². The van der Waals surface area contributed by atoms with Gasteiger partial charge in [0.05, 0.1) is 12.7 Å². The normalized spacial score (nSPS) is 27.8. The third-order valence-electron chi connectivity index (χ3n) is 3.41. The Labute approximate surface area is 108 Å². The van der Waals surface area contributed by atoms with E-state index in [1.165, 1.54) is 12.5 Å². The van der Waals surface area contributed by atoms with E-state index < -0.39 is 5.60 Å². The average Bonchev–Trinajstić information content (AvgIpc) is 2.28. The minimum Gasteiger partial charge on any atom is -0.459 e. The van der Waals surface area contributed by atoms with E-state index >= 15 is 0 Å². The summed E-state index contributed by atoms with van der Waals surface area (Å²) in [4.78, 5) is 11.1. The molecule has 1 heterocycles. The van der Waals surface area contributed by atoms with Gasteiger partial charge in [-0.05, 0) is 19.4 Å². The average molecular weight is 248 g/mol. The number of carbonyl (C=O) groups excluding carboxylic acids is 1. The minimum atomic E-state index is -0.403. The van der Waals surface area contributed by atoms with E-state index in [2.05, 4.69) is 31.2 Å². The molecule has 3 nitrogen and oxygen atoms in total. The van der Waals surface area contributed by atoms with Crippen LogP contribution in [-0.4, -0.2) is 18.2 Å². The molecule has 0 aliphatic carbocycles. The van der Waals surface area contributed by atoms with E-state index in [0.717, 1.165) is 18.4 Å². The van der Waals surface area contributed by atoms with Crippen molar-refractivity contribution in [3.8, 4) is 0 Å². The fraction of sp³-hybridized carbons (Fsp3) is 0.533. The SMILES string of the molecule is CC(=O)OC1(C)CCOC(c2ccc(C)cc2)C1. The summed E-state index contributed by atoms with van der Waals surface area (Å²) in [5.74, 6) is -0.220. The summed E-state index contributed by atoms with van der Waals surface area (Å²) in [5.41, 5.74) is 1.98. The molecule has 1 saturated heterocycles. The summed E-state index contributed by atoms with van der Waals surface area (Å²) in [6, 6.07) is 8.33. The van der Waals surface area contributed by atoms with Crippen LogP contribution in [0.15, 0.2) is 24.3 Å². The Bertz CT molecular complexity index is 424. The van der Waals surface area contributed by atoms with Crippen LogP contribution in [0.25, 0.3) is 0 Å². The highest BCUT2D eigenvalue weighted by atomic mass is 16.6. The van der Waals surface area contributed by atoms with Crippen LogP contribution in [0.2, 0.25) is 0 Å². The van der Waals surface area contributed by atoms with Crippen LogP contribution in [0.3, 0.4) is 0 Å². The molecule has 1 fully saturated rings. The summed E-state index contributed by atoms with van der Waals surface area (Å²) in [6.07, 6.45) is 1.49. The van der Waals surface area contributed by atoms with Crippen LogP contribution in [0.5, 0.6) is 0 Å². The number of hydrogen-bond donors (Lipinski definition) is 0. The van der Waals surface area contributed by atoms with Crippen LogP contribution in [-0.2, 0) is 14.3 Å². The Morgan fingerprint density at radius 2 is 2.06 bits per heavy atom. The van der Waals surface area contributed by atoms with E-state index in [-0.39, 0.29) is 12.1 Å². The van der Waals surface area contributed by atoms with Crippen molar-refractivity contribution in [2.75, 3.05) is 6.61 Å². The van der Waals surface area contributed by atoms with Crippen LogP contribution >= 0.6 is 0 Å². The molecule has 3 heteroatoms. The van der Waals surface area contributed by atoms with Gasteiger partial charge in [0.1, 0.15) is 5.60 Å². The van der Waals surface area contributed by atoms with Gasteiger partial charge < -0.3 is 9.47 Å². The Kier molecular flexibility index (Phi) is 3.71. The van der Waals surface area contributed by atoms with Crippen LogP contribution < -0.4 is 0 Å². The number of ether oxygens (including phenoxy) is 2. The fourth-order valence-corrected chi connectivity index (χ4v) is 2.41. The molecule has 0 bridgehead atoms. The fourth-order valence-electron chi connectivity index (χ4n) is 2.41. The highest BCUT2D eigenvalue weighted by Crippen LogP contribution is 2.36. The number of carbonyl (C=O) groups is 1. The second-order valence-corrected chi connectivity index (χ2v) is 5.27. The van der Waals surface area contributed by atoms with Gasteiger partial charge in [0, 0.05) is 19.8 Å². The first-order valence-electron chi connectivity index (χ1n) is 6.36. The second-order valence-electron chi connectivity index (χ2n) is 5.27. The lowest BCUT2D eigenvalue weighted by molar-refractivity contribution is -0.170. The molecule has 0 aromatic heterocycles. The second kappa shape index (κ2) is 5.11. The van der Waals surface area contributed by atoms with Gasteiger partial charge in [-0.25, -0.2) is 0 Å². The first kappa shape index (κ1) is 13.1. The Hall–Kier alpha value is -1.35. The molecular weight excluding hydrogens is 228 g/mol. The number of rotatable bonds is 2. The molecule has 1 aliphatic heterocycles. The molecule has 1 aromatic rings. The molecule has 18 heavy (non-hydrogen) atoms. The van der Waals surface area contributed by atoms with Gasteiger partial charge in [-0.3, -0.25) is 4.79 Å². The third kappa shape index (κ3) is 3.10. The molecule has 0 amide bonds. The molecule has 0 N–H and O–H groups in total. The Balaban J connectivity index is 2.11. The van der Waals surface area contributed by atoms with Gasteiger partial charge in [0.15, 0.2) is 0 Å². The maximum atomic E-state index is 11.1. The zero-order chi connectivity index (χ0) is 13.2. The number of esters is 1. The molecule has 1 aliphatic rings. The topological polar surface area (TPSA) is 35.5 Å². The van der Waals surface area contributed by atoms with E-state index in [0.29, 0.717) is 6.61 Å². The molecule has 0 spiro atoms. The van der Waals surface area contributed by atoms with Crippen molar-refractivity contribution in [3.05, 3.63) is 35.4 Å². The van der Waals surface area contributed by atoms with E-state index in [1.807, 2.05) is 6.92 Å². The largest absolute Gasteiger partial charge is 0.459 e. The van der Waals surface area contributed by atoms with Crippen molar-refractivity contribution in [2.24, 2.45) is 0 Å². The Morgan fingerprint density at radius 3 is 2.67 bits per heavy atom. The number of aryl methyl sites for hydroxylation is 1. The summed E-state index contributed by atoms with van der Waals surface area (Å²) >= 11 is 0. The van der Waals surface area contributed by atoms with Crippen molar-refractivity contribution in [2.45, 2.75) is 45.3 Å². The number of hydrogen-bond acceptors (Lipinski definition) is 3. The van der Waals surface area contributed by atoms with Crippen molar-refractivity contribution < 1.29 is 14.3 Å². The molecule has 2 atom stereocenters. The highest BCUT2D eigenvalue weighted by Gasteiger charge is 2.36. The predicted octanol–water partition coefficient (Wildman–Crippen LogP) is 3.17. The predicted molar refractivity (Wildman–Crippen MR) is 69.3 cm³/mol. The summed E-state index contributed by atoms with van der Waals surface area (Å²) in [6.45, 7) is 6.14. The molecule has 98 valence electrons. The monoisotopic (exact) mass is 248 g/mol. The summed E-state index contributed by atoms with van der Waals surface area (Å²) in [7, 11) is 0. The zero-order valence-electron chi connectivity index (χ0n) is 11.2. The first-order chi connectivity index (χ1) is 8.48. The molecule has 2 rings (SSSR count). The molecular formula is C15H20O3. The van der Waals surface area contributed by atoms with Crippen molar-refractivity contribution in [3.63, 3.8) is 0 Å². The van der Waals surface area contributed by atoms with Crippen molar-refractivity contribution in [1.29, 1.82) is 0 Å². The van der Waals surface area contributed by atoms with E-state index in [9.17, 15) is 4.79 Å². The van der Waals surface area contributed by atoms with Crippen LogP contribution in [0.4, 0.5) is 0 Å². The molecule has 1 aromatic carbocycles. The van der Waals surface area contributed by atoms with E-state index in [4.69, 9.17) is 9.47 Å². The van der Waals surface area contributed by atoms with Gasteiger partial charge in [0.2, 0.25) is 0 Å². The van der Waals surface area contributed by atoms with Gasteiger partial charge in [-0.1, -0.05) is 29.8 Å². The van der Waals surface area contributed by atoms with Gasteiger partial charge in [-0.15, -0.1) is 0 Å². The highest BCUT2D eigenvalue weighted by molar-refractivity contribution is 5.66. The van der Waals surface area contributed by atoms with Crippen LogP contribution in [0, 0.1) is 6.92 Å². The maximum Gasteiger partial charge on any atom is 0.303 e. The van der Waals surface area contributed by atoms with Crippen molar-refractivity contribution in [1.82, 2.24) is 0 Å². The third-order valence-corrected chi connectivity index (χ3v) is 3.41. The molecule has 0 saturated carbocycles. The van der Waals surface area contributed by atoms with E-state index in [1.54, 1.807) is 0 Å². The lowest BCUT2D eigenvalue weighted by atomic mass is 9.89. The first-order valence-corrected chi connectivity index (χ1v) is 6.36. The quantitative estimate of drug-likeness (QED) is 0.754. The van der Waals surface area contributed by atoms with Crippen LogP contribution in [0.1, 0.15) is 43.9 Å². The molecule has 0 radical (unpaired) electrons.